The van der Waals surface area contributed by atoms with Crippen molar-refractivity contribution in [2.75, 3.05) is 0 Å². The van der Waals surface area contributed by atoms with Gasteiger partial charge in [-0.2, -0.15) is 6.08 Å². The molecule has 1 aliphatic carbocycles. The summed E-state index contributed by atoms with van der Waals surface area (Å²) in [5.41, 5.74) is 0. The van der Waals surface area contributed by atoms with E-state index in [1.165, 1.54) is 0 Å². The van der Waals surface area contributed by atoms with Gasteiger partial charge in [0.15, 0.2) is 0 Å². The summed E-state index contributed by atoms with van der Waals surface area (Å²) in [5.74, 6) is 0. The summed E-state index contributed by atoms with van der Waals surface area (Å²) in [4.78, 5) is 0. The van der Waals surface area contributed by atoms with E-state index in [2.05, 4.69) is 30.1 Å². The van der Waals surface area contributed by atoms with Gasteiger partial charge in [-0.25, -0.2) is 12.2 Å². The van der Waals surface area contributed by atoms with Gasteiger partial charge in [0.2, 0.25) is 0 Å². The summed E-state index contributed by atoms with van der Waals surface area (Å²) in [6, 6.07) is 0. The predicted molar refractivity (Wildman–Crippen MR) is 32.8 cm³/mol. The molecule has 0 radical (unpaired) electrons. The maximum Gasteiger partial charge on any atom is 2.00 e. The van der Waals surface area contributed by atoms with E-state index in [9.17, 15) is 0 Å². The van der Waals surface area contributed by atoms with Crippen molar-refractivity contribution in [2.24, 2.45) is 0 Å². The van der Waals surface area contributed by atoms with Crippen molar-refractivity contribution in [1.29, 1.82) is 0 Å². The summed E-state index contributed by atoms with van der Waals surface area (Å²) in [7, 11) is 0. The fourth-order valence-electron chi connectivity index (χ4n) is 0.340. The number of allylic oxidation sites excluding steroid dienone is 4. The van der Waals surface area contributed by atoms with Crippen molar-refractivity contribution in [3.05, 3.63) is 30.7 Å². The molecular formula is C6H7ClZr. The quantitative estimate of drug-likeness (QED) is 0.533. The van der Waals surface area contributed by atoms with Crippen LogP contribution in [-0.2, 0) is 26.2 Å². The summed E-state index contributed by atoms with van der Waals surface area (Å²) >= 11 is 4.39. The van der Waals surface area contributed by atoms with E-state index < -0.39 is 0 Å². The molecule has 0 heterocycles. The Morgan fingerprint density at radius 1 is 1.50 bits per heavy atom. The number of halogens is 1. The molecule has 0 spiro atoms. The number of rotatable bonds is 0. The van der Waals surface area contributed by atoms with Crippen LogP contribution in [0.1, 0.15) is 6.42 Å². The molecule has 0 bridgehead atoms. The van der Waals surface area contributed by atoms with Crippen molar-refractivity contribution in [2.45, 2.75) is 6.42 Å². The van der Waals surface area contributed by atoms with E-state index >= 15 is 0 Å². The zero-order chi connectivity index (χ0) is 5.54. The van der Waals surface area contributed by atoms with Gasteiger partial charge in [0, 0.05) is 0 Å². The molecule has 0 amide bonds. The van der Waals surface area contributed by atoms with Gasteiger partial charge in [-0.1, -0.05) is 0 Å². The topological polar surface area (TPSA) is 0 Å². The van der Waals surface area contributed by atoms with Crippen molar-refractivity contribution in [3.8, 4) is 0 Å². The molecule has 0 aromatic rings. The maximum absolute atomic E-state index is 4.39. The van der Waals surface area contributed by atoms with E-state index in [1.54, 1.807) is 0 Å². The third kappa shape index (κ3) is 6.65. The molecule has 0 unspecified atom stereocenters. The van der Waals surface area contributed by atoms with Crippen molar-refractivity contribution in [1.82, 2.24) is 0 Å². The fraction of sp³-hybridized carbons (Fsp3) is 0.167. The number of hydrogen-bond donors (Lipinski definition) is 0. The van der Waals surface area contributed by atoms with Crippen molar-refractivity contribution in [3.63, 3.8) is 0 Å². The summed E-state index contributed by atoms with van der Waals surface area (Å²) in [5, 5.41) is 0. The summed E-state index contributed by atoms with van der Waals surface area (Å²) < 4.78 is 0. The fourth-order valence-corrected chi connectivity index (χ4v) is 0.340. The van der Waals surface area contributed by atoms with Crippen LogP contribution in [0.2, 0.25) is 0 Å². The molecule has 0 aromatic heterocycles. The van der Waals surface area contributed by atoms with Crippen LogP contribution in [0.3, 0.4) is 0 Å². The number of hydrogen-bond acceptors (Lipinski definition) is 0. The molecular weight excluding hydrogens is 199 g/mol. The first kappa shape index (κ1) is 11.4. The average molecular weight is 206 g/mol. The van der Waals surface area contributed by atoms with Gasteiger partial charge in [-0.05, 0) is 0 Å². The van der Waals surface area contributed by atoms with E-state index in [1.807, 2.05) is 12.2 Å². The molecule has 1 aliphatic rings. The summed E-state index contributed by atoms with van der Waals surface area (Å²) in [6.45, 7) is 0. The SMILES string of the molecule is [C-]1=CC=CC1.[CH2-]Cl.[Zr+2]. The first-order valence-corrected chi connectivity index (χ1v) is 2.52. The molecule has 0 aromatic carbocycles. The molecule has 2 heteroatoms. The largest absolute Gasteiger partial charge is 2.00 e. The van der Waals surface area contributed by atoms with Crippen LogP contribution >= 0.6 is 11.6 Å². The molecule has 0 nitrogen and oxygen atoms in total. The van der Waals surface area contributed by atoms with E-state index in [4.69, 9.17) is 0 Å². The Hall–Kier alpha value is 0.653. The van der Waals surface area contributed by atoms with Crippen molar-refractivity contribution < 1.29 is 26.2 Å². The van der Waals surface area contributed by atoms with E-state index in [0.717, 1.165) is 6.42 Å². The second-order valence-electron chi connectivity index (χ2n) is 1.00. The van der Waals surface area contributed by atoms with Crippen molar-refractivity contribution >= 4 is 11.6 Å². The third-order valence-electron chi connectivity index (χ3n) is 0.586. The predicted octanol–water partition coefficient (Wildman–Crippen LogP) is 2.32. The van der Waals surface area contributed by atoms with Gasteiger partial charge in [-0.15, -0.1) is 6.42 Å². The minimum Gasteiger partial charge on any atom is -0.352 e. The van der Waals surface area contributed by atoms with Crippen LogP contribution in [0.4, 0.5) is 0 Å². The Labute approximate surface area is 74.7 Å². The average Bonchev–Trinajstić information content (AvgIpc) is 2.23. The van der Waals surface area contributed by atoms with E-state index in [-0.39, 0.29) is 26.2 Å². The van der Waals surface area contributed by atoms with Crippen LogP contribution in [-0.4, -0.2) is 0 Å². The van der Waals surface area contributed by atoms with Gasteiger partial charge in [-0.3, -0.25) is 12.5 Å². The van der Waals surface area contributed by atoms with Crippen LogP contribution in [0, 0.1) is 12.5 Å². The molecule has 8 heavy (non-hydrogen) atoms. The first-order valence-electron chi connectivity index (χ1n) is 1.98. The molecule has 0 aliphatic heterocycles. The Bertz CT molecular complexity index is 66.6. The minimum atomic E-state index is 0. The maximum atomic E-state index is 4.39. The molecule has 0 saturated heterocycles. The van der Waals surface area contributed by atoms with E-state index in [0.29, 0.717) is 0 Å². The Morgan fingerprint density at radius 2 is 2.12 bits per heavy atom. The second-order valence-corrected chi connectivity index (χ2v) is 1.00. The summed E-state index contributed by atoms with van der Waals surface area (Å²) in [6.07, 6.45) is 12.7. The smallest absolute Gasteiger partial charge is 0.352 e. The van der Waals surface area contributed by atoms with Gasteiger partial charge < -0.3 is 11.6 Å². The first-order chi connectivity index (χ1) is 3.50. The van der Waals surface area contributed by atoms with Gasteiger partial charge in [0.25, 0.3) is 0 Å². The van der Waals surface area contributed by atoms with Gasteiger partial charge >= 0.3 is 26.2 Å². The van der Waals surface area contributed by atoms with Crippen LogP contribution in [0.25, 0.3) is 0 Å². The normalized spacial score (nSPS) is 11.8. The van der Waals surface area contributed by atoms with Gasteiger partial charge in [0.1, 0.15) is 0 Å². The molecule has 0 fully saturated rings. The Kier molecular flexibility index (Phi) is 15.2. The van der Waals surface area contributed by atoms with Gasteiger partial charge in [0.05, 0.1) is 0 Å². The Morgan fingerprint density at radius 3 is 2.25 bits per heavy atom. The molecule has 1 rings (SSSR count). The molecule has 0 atom stereocenters. The standard InChI is InChI=1S/C5H5.CH2Cl.Zr/c1-2-4-5-3-1;1-2;/h1-3H,4H2;1H2;/q2*-1;+2. The van der Waals surface area contributed by atoms with Crippen LogP contribution < -0.4 is 0 Å². The zero-order valence-corrected chi connectivity index (χ0v) is 7.74. The van der Waals surface area contributed by atoms with Crippen LogP contribution in [0.15, 0.2) is 18.2 Å². The third-order valence-corrected chi connectivity index (χ3v) is 0.586. The zero-order valence-electron chi connectivity index (χ0n) is 4.52. The molecule has 42 valence electrons. The Balaban J connectivity index is 0. The minimum absolute atomic E-state index is 0. The molecule has 0 N–H and O–H groups in total. The molecule has 0 saturated carbocycles. The second kappa shape index (κ2) is 10.6. The monoisotopic (exact) mass is 204 g/mol. The van der Waals surface area contributed by atoms with Crippen LogP contribution in [0.5, 0.6) is 0 Å².